The summed E-state index contributed by atoms with van der Waals surface area (Å²) in [6.07, 6.45) is 1.47. The molecule has 0 amide bonds. The maximum atomic E-state index is 13.5. The van der Waals surface area contributed by atoms with Gasteiger partial charge in [-0.1, -0.05) is 24.3 Å². The van der Waals surface area contributed by atoms with Crippen molar-refractivity contribution < 1.29 is 28.2 Å². The second kappa shape index (κ2) is 10.3. The number of hydrogen-bond donors (Lipinski definition) is 0. The lowest BCUT2D eigenvalue weighted by Crippen LogP contribution is -2.13. The molecule has 0 bridgehead atoms. The molecule has 0 saturated heterocycles. The zero-order chi connectivity index (χ0) is 24.9. The summed E-state index contributed by atoms with van der Waals surface area (Å²) in [5, 5.41) is 0.387. The highest BCUT2D eigenvalue weighted by molar-refractivity contribution is 5.87. The van der Waals surface area contributed by atoms with Gasteiger partial charge in [0.25, 0.3) is 0 Å². The number of esters is 1. The molecule has 0 aliphatic rings. The van der Waals surface area contributed by atoms with Crippen molar-refractivity contribution in [1.29, 1.82) is 0 Å². The summed E-state index contributed by atoms with van der Waals surface area (Å²) in [4.78, 5) is 25.9. The molecule has 3 aromatic carbocycles. The van der Waals surface area contributed by atoms with Gasteiger partial charge in [0.2, 0.25) is 5.43 Å². The minimum atomic E-state index is -0.484. The summed E-state index contributed by atoms with van der Waals surface area (Å²) in [7, 11) is 6.05. The van der Waals surface area contributed by atoms with Crippen LogP contribution in [0.3, 0.4) is 0 Å². The molecule has 0 saturated carbocycles. The maximum absolute atomic E-state index is 13.5. The van der Waals surface area contributed by atoms with Crippen LogP contribution in [-0.2, 0) is 9.53 Å². The lowest BCUT2D eigenvalue weighted by atomic mass is 9.86. The number of benzene rings is 3. The van der Waals surface area contributed by atoms with E-state index in [9.17, 15) is 9.59 Å². The molecule has 7 nitrogen and oxygen atoms in total. The first-order valence-corrected chi connectivity index (χ1v) is 11.0. The Labute approximate surface area is 202 Å². The van der Waals surface area contributed by atoms with Gasteiger partial charge >= 0.3 is 5.97 Å². The molecule has 7 heteroatoms. The Hall–Kier alpha value is -4.26. The lowest BCUT2D eigenvalue weighted by molar-refractivity contribution is -0.140. The SMILES string of the molecule is COC(=O)C[C@@H](c1ccc(OC)cc1)c1c(OC)ccc2c(=O)c(-c3ccc(OC)cc3)coc12. The third kappa shape index (κ3) is 4.71. The minimum Gasteiger partial charge on any atom is -0.497 e. The fourth-order valence-electron chi connectivity index (χ4n) is 4.15. The van der Waals surface area contributed by atoms with Gasteiger partial charge in [0.05, 0.1) is 45.8 Å². The predicted molar refractivity (Wildman–Crippen MR) is 132 cm³/mol. The third-order valence-electron chi connectivity index (χ3n) is 6.03. The first-order valence-electron chi connectivity index (χ1n) is 11.0. The maximum Gasteiger partial charge on any atom is 0.306 e. The van der Waals surface area contributed by atoms with Crippen LogP contribution in [0.1, 0.15) is 23.5 Å². The van der Waals surface area contributed by atoms with Gasteiger partial charge in [-0.15, -0.1) is 0 Å². The van der Waals surface area contributed by atoms with Crippen molar-refractivity contribution in [2.24, 2.45) is 0 Å². The molecule has 35 heavy (non-hydrogen) atoms. The molecular weight excluding hydrogens is 448 g/mol. The summed E-state index contributed by atoms with van der Waals surface area (Å²) < 4.78 is 27.2. The fourth-order valence-corrected chi connectivity index (χ4v) is 4.15. The van der Waals surface area contributed by atoms with E-state index in [4.69, 9.17) is 23.4 Å². The second-order valence-corrected chi connectivity index (χ2v) is 7.87. The molecule has 180 valence electrons. The average molecular weight is 475 g/mol. The van der Waals surface area contributed by atoms with Gasteiger partial charge < -0.3 is 23.4 Å². The van der Waals surface area contributed by atoms with E-state index >= 15 is 0 Å². The van der Waals surface area contributed by atoms with Crippen LogP contribution in [-0.4, -0.2) is 34.4 Å². The summed E-state index contributed by atoms with van der Waals surface area (Å²) in [6, 6.07) is 18.0. The van der Waals surface area contributed by atoms with Gasteiger partial charge in [-0.05, 0) is 47.5 Å². The van der Waals surface area contributed by atoms with Crippen molar-refractivity contribution in [3.63, 3.8) is 0 Å². The number of carbonyl (C=O) groups is 1. The van der Waals surface area contributed by atoms with Gasteiger partial charge in [-0.25, -0.2) is 0 Å². The van der Waals surface area contributed by atoms with Crippen LogP contribution >= 0.6 is 0 Å². The number of fused-ring (bicyclic) bond motifs is 1. The van der Waals surface area contributed by atoms with Crippen LogP contribution in [0.2, 0.25) is 0 Å². The highest BCUT2D eigenvalue weighted by atomic mass is 16.5. The third-order valence-corrected chi connectivity index (χ3v) is 6.03. The van der Waals surface area contributed by atoms with Crippen molar-refractivity contribution in [3.05, 3.63) is 88.3 Å². The summed E-state index contributed by atoms with van der Waals surface area (Å²) in [5.74, 6) is 0.994. The first kappa shape index (κ1) is 23.9. The van der Waals surface area contributed by atoms with Crippen LogP contribution < -0.4 is 19.6 Å². The largest absolute Gasteiger partial charge is 0.497 e. The van der Waals surface area contributed by atoms with Crippen molar-refractivity contribution in [2.45, 2.75) is 12.3 Å². The molecule has 4 rings (SSSR count). The van der Waals surface area contributed by atoms with Gasteiger partial charge in [-0.2, -0.15) is 0 Å². The van der Waals surface area contributed by atoms with Gasteiger partial charge in [0, 0.05) is 11.5 Å². The standard InChI is InChI=1S/C28H26O7/c1-31-19-9-5-17(6-10-19)22(15-25(29)34-4)26-24(33-3)14-13-21-27(30)23(16-35-28(21)26)18-7-11-20(32-2)12-8-18/h5-14,16,22H,15H2,1-4H3/t22-/m0/s1. The molecular formula is C28H26O7. The number of carbonyl (C=O) groups excluding carboxylic acids is 1. The number of hydrogen-bond acceptors (Lipinski definition) is 7. The molecule has 0 fully saturated rings. The van der Waals surface area contributed by atoms with Gasteiger partial charge in [-0.3, -0.25) is 9.59 Å². The number of rotatable bonds is 8. The summed E-state index contributed by atoms with van der Waals surface area (Å²) >= 11 is 0. The highest BCUT2D eigenvalue weighted by Gasteiger charge is 2.27. The Morgan fingerprint density at radius 1 is 0.829 bits per heavy atom. The Kier molecular flexibility index (Phi) is 7.06. The monoisotopic (exact) mass is 474 g/mol. The topological polar surface area (TPSA) is 84.2 Å². The average Bonchev–Trinajstić information content (AvgIpc) is 2.91. The van der Waals surface area contributed by atoms with Crippen molar-refractivity contribution in [3.8, 4) is 28.4 Å². The molecule has 0 unspecified atom stereocenters. The molecule has 0 radical (unpaired) electrons. The zero-order valence-corrected chi connectivity index (χ0v) is 20.0. The Morgan fingerprint density at radius 3 is 2.03 bits per heavy atom. The molecule has 1 atom stereocenters. The normalized spacial score (nSPS) is 11.7. The van der Waals surface area contributed by atoms with Crippen LogP contribution in [0.4, 0.5) is 0 Å². The van der Waals surface area contributed by atoms with E-state index in [0.717, 1.165) is 5.56 Å². The highest BCUT2D eigenvalue weighted by Crippen LogP contribution is 2.40. The quantitative estimate of drug-likeness (QED) is 0.325. The van der Waals surface area contributed by atoms with E-state index in [1.54, 1.807) is 50.6 Å². The molecule has 1 heterocycles. The summed E-state index contributed by atoms with van der Waals surface area (Å²) in [6.45, 7) is 0. The van der Waals surface area contributed by atoms with Crippen molar-refractivity contribution in [2.75, 3.05) is 28.4 Å². The van der Waals surface area contributed by atoms with E-state index in [1.165, 1.54) is 20.5 Å². The van der Waals surface area contributed by atoms with E-state index in [1.807, 2.05) is 24.3 Å². The van der Waals surface area contributed by atoms with Gasteiger partial charge in [0.1, 0.15) is 29.1 Å². The van der Waals surface area contributed by atoms with Crippen LogP contribution in [0.5, 0.6) is 17.2 Å². The second-order valence-electron chi connectivity index (χ2n) is 7.87. The zero-order valence-electron chi connectivity index (χ0n) is 20.0. The number of methoxy groups -OCH3 is 4. The number of ether oxygens (including phenoxy) is 4. The molecule has 0 aliphatic carbocycles. The molecule has 4 aromatic rings. The van der Waals surface area contributed by atoms with E-state index < -0.39 is 11.9 Å². The predicted octanol–water partition coefficient (Wildman–Crippen LogP) is 5.18. The molecule has 1 aromatic heterocycles. The summed E-state index contributed by atoms with van der Waals surface area (Å²) in [5.41, 5.74) is 2.72. The Bertz CT molecular complexity index is 1390. The molecule has 0 aliphatic heterocycles. The van der Waals surface area contributed by atoms with E-state index in [0.29, 0.717) is 44.9 Å². The fraction of sp³-hybridized carbons (Fsp3) is 0.214. The Balaban J connectivity index is 1.92. The lowest BCUT2D eigenvalue weighted by Gasteiger charge is -2.21. The minimum absolute atomic E-state index is 0.0300. The molecule has 0 N–H and O–H groups in total. The van der Waals surface area contributed by atoms with Crippen molar-refractivity contribution in [1.82, 2.24) is 0 Å². The van der Waals surface area contributed by atoms with Crippen molar-refractivity contribution >= 4 is 16.9 Å². The van der Waals surface area contributed by atoms with Crippen LogP contribution in [0, 0.1) is 0 Å². The van der Waals surface area contributed by atoms with Crippen LogP contribution in [0.15, 0.2) is 76.1 Å². The molecule has 0 spiro atoms. The first-order chi connectivity index (χ1) is 17.0. The van der Waals surface area contributed by atoms with Gasteiger partial charge in [0.15, 0.2) is 0 Å². The van der Waals surface area contributed by atoms with Crippen LogP contribution in [0.25, 0.3) is 22.1 Å². The van der Waals surface area contributed by atoms with E-state index in [2.05, 4.69) is 0 Å². The van der Waals surface area contributed by atoms with E-state index in [-0.39, 0.29) is 11.8 Å². The smallest absolute Gasteiger partial charge is 0.306 e. The Morgan fingerprint density at radius 2 is 1.46 bits per heavy atom.